The summed E-state index contributed by atoms with van der Waals surface area (Å²) in [5.74, 6) is 1.53. The van der Waals surface area contributed by atoms with Crippen molar-refractivity contribution in [3.05, 3.63) is 54.4 Å². The zero-order chi connectivity index (χ0) is 17.2. The van der Waals surface area contributed by atoms with E-state index in [4.69, 9.17) is 9.26 Å². The normalized spacial score (nSPS) is 14.2. The Bertz CT molecular complexity index is 908. The molecule has 2 heterocycles. The first-order valence-corrected chi connectivity index (χ1v) is 7.91. The maximum Gasteiger partial charge on any atom is 0.262 e. The molecule has 0 bridgehead atoms. The van der Waals surface area contributed by atoms with Crippen LogP contribution in [0.2, 0.25) is 0 Å². The van der Waals surface area contributed by atoms with Crippen LogP contribution in [-0.4, -0.2) is 22.7 Å². The molecular formula is C18H16N4O3. The molecule has 1 atom stereocenters. The number of hydrogen-bond donors (Lipinski definition) is 2. The van der Waals surface area contributed by atoms with Crippen molar-refractivity contribution >= 4 is 17.3 Å². The van der Waals surface area contributed by atoms with Crippen LogP contribution < -0.4 is 15.4 Å². The molecule has 2 N–H and O–H groups in total. The van der Waals surface area contributed by atoms with E-state index in [1.54, 1.807) is 6.07 Å². The summed E-state index contributed by atoms with van der Waals surface area (Å²) in [6.07, 6.45) is 0. The number of nitrogens with zero attached hydrogens (tertiary/aromatic N) is 2. The van der Waals surface area contributed by atoms with E-state index in [0.717, 1.165) is 11.3 Å². The number of fused-ring (bicyclic) bond motifs is 1. The lowest BCUT2D eigenvalue weighted by Gasteiger charge is -2.19. The number of hydrogen-bond acceptors (Lipinski definition) is 6. The first-order chi connectivity index (χ1) is 12.2. The van der Waals surface area contributed by atoms with Gasteiger partial charge in [0.15, 0.2) is 6.61 Å². The Kier molecular flexibility index (Phi) is 3.81. The Morgan fingerprint density at radius 1 is 1.20 bits per heavy atom. The topological polar surface area (TPSA) is 89.3 Å². The van der Waals surface area contributed by atoms with Crippen LogP contribution in [0.4, 0.5) is 11.4 Å². The number of ether oxygens (including phenoxy) is 1. The van der Waals surface area contributed by atoms with E-state index < -0.39 is 0 Å². The summed E-state index contributed by atoms with van der Waals surface area (Å²) in [5, 5.41) is 10.1. The lowest BCUT2D eigenvalue weighted by Crippen LogP contribution is -2.25. The summed E-state index contributed by atoms with van der Waals surface area (Å²) in [4.78, 5) is 15.8. The second kappa shape index (κ2) is 6.27. The van der Waals surface area contributed by atoms with Crippen molar-refractivity contribution in [3.63, 3.8) is 0 Å². The highest BCUT2D eigenvalue weighted by Crippen LogP contribution is 2.32. The first-order valence-electron chi connectivity index (χ1n) is 7.91. The molecule has 25 heavy (non-hydrogen) atoms. The number of carbonyl (C=O) groups excluding carboxylic acids is 1. The summed E-state index contributed by atoms with van der Waals surface area (Å²) in [7, 11) is 0. The predicted molar refractivity (Wildman–Crippen MR) is 92.3 cm³/mol. The highest BCUT2D eigenvalue weighted by molar-refractivity contribution is 5.95. The van der Waals surface area contributed by atoms with Crippen LogP contribution in [0.5, 0.6) is 5.75 Å². The summed E-state index contributed by atoms with van der Waals surface area (Å²) < 4.78 is 10.8. The molecule has 0 unspecified atom stereocenters. The fraction of sp³-hybridized carbons (Fsp3) is 0.167. The molecule has 2 aromatic carbocycles. The third-order valence-electron chi connectivity index (χ3n) is 3.84. The minimum Gasteiger partial charge on any atom is -0.482 e. The molecule has 7 heteroatoms. The van der Waals surface area contributed by atoms with E-state index >= 15 is 0 Å². The van der Waals surface area contributed by atoms with Gasteiger partial charge in [-0.25, -0.2) is 0 Å². The molecule has 1 aliphatic rings. The number of rotatable bonds is 4. The van der Waals surface area contributed by atoms with Crippen LogP contribution in [0.25, 0.3) is 11.4 Å². The van der Waals surface area contributed by atoms with Crippen molar-refractivity contribution in [1.29, 1.82) is 0 Å². The monoisotopic (exact) mass is 336 g/mol. The van der Waals surface area contributed by atoms with Crippen molar-refractivity contribution in [3.8, 4) is 17.1 Å². The van der Waals surface area contributed by atoms with E-state index in [0.29, 0.717) is 23.2 Å². The number of amides is 1. The summed E-state index contributed by atoms with van der Waals surface area (Å²) in [5.41, 5.74) is 2.41. The van der Waals surface area contributed by atoms with Gasteiger partial charge in [-0.1, -0.05) is 35.5 Å². The van der Waals surface area contributed by atoms with E-state index in [-0.39, 0.29) is 18.6 Å². The third kappa shape index (κ3) is 3.16. The molecule has 0 saturated heterocycles. The molecule has 1 aromatic heterocycles. The molecule has 4 rings (SSSR count). The Hall–Kier alpha value is -3.35. The van der Waals surface area contributed by atoms with Gasteiger partial charge in [-0.2, -0.15) is 4.98 Å². The van der Waals surface area contributed by atoms with Gasteiger partial charge in [0.05, 0.1) is 5.69 Å². The van der Waals surface area contributed by atoms with Crippen LogP contribution >= 0.6 is 0 Å². The maximum atomic E-state index is 11.3. The van der Waals surface area contributed by atoms with Crippen LogP contribution in [-0.2, 0) is 4.79 Å². The lowest BCUT2D eigenvalue weighted by atomic mass is 10.2. The Balaban J connectivity index is 1.50. The quantitative estimate of drug-likeness (QED) is 0.760. The molecule has 0 fully saturated rings. The summed E-state index contributed by atoms with van der Waals surface area (Å²) in [6, 6.07) is 15.0. The third-order valence-corrected chi connectivity index (χ3v) is 3.84. The van der Waals surface area contributed by atoms with Crippen molar-refractivity contribution in [2.75, 3.05) is 17.2 Å². The highest BCUT2D eigenvalue weighted by Gasteiger charge is 2.18. The Morgan fingerprint density at radius 2 is 2.04 bits per heavy atom. The molecule has 7 nitrogen and oxygen atoms in total. The molecule has 1 amide bonds. The number of benzene rings is 2. The molecule has 0 radical (unpaired) electrons. The predicted octanol–water partition coefficient (Wildman–Crippen LogP) is 3.24. The molecule has 3 aromatic rings. The fourth-order valence-corrected chi connectivity index (χ4v) is 2.59. The number of anilines is 2. The van der Waals surface area contributed by atoms with Crippen molar-refractivity contribution in [2.24, 2.45) is 0 Å². The van der Waals surface area contributed by atoms with E-state index in [2.05, 4.69) is 20.8 Å². The summed E-state index contributed by atoms with van der Waals surface area (Å²) in [6.45, 7) is 1.96. The van der Waals surface area contributed by atoms with Crippen LogP contribution in [0.15, 0.2) is 53.1 Å². The zero-order valence-electron chi connectivity index (χ0n) is 13.5. The minimum atomic E-state index is -0.179. The zero-order valence-corrected chi connectivity index (χ0v) is 13.5. The average Bonchev–Trinajstić information content (AvgIpc) is 3.13. The van der Waals surface area contributed by atoms with Crippen molar-refractivity contribution in [1.82, 2.24) is 10.1 Å². The minimum absolute atomic E-state index is 0.0239. The average molecular weight is 336 g/mol. The van der Waals surface area contributed by atoms with Crippen LogP contribution in [0.3, 0.4) is 0 Å². The molecule has 0 aliphatic carbocycles. The molecule has 126 valence electrons. The SMILES string of the molecule is C[C@H](Nc1ccc2c(c1)OCC(=O)N2)c1nc(-c2ccccc2)no1. The Labute approximate surface area is 144 Å². The number of nitrogens with one attached hydrogen (secondary N) is 2. The van der Waals surface area contributed by atoms with Gasteiger partial charge < -0.3 is 19.9 Å². The van der Waals surface area contributed by atoms with E-state index in [1.807, 2.05) is 49.4 Å². The largest absolute Gasteiger partial charge is 0.482 e. The van der Waals surface area contributed by atoms with Gasteiger partial charge in [0.25, 0.3) is 5.91 Å². The standard InChI is InChI=1S/C18H16N4O3/c1-11(18-21-17(22-25-18)12-5-3-2-4-6-12)19-13-7-8-14-15(9-13)24-10-16(23)20-14/h2-9,11,19H,10H2,1H3,(H,20,23)/t11-/m0/s1. The number of aromatic nitrogens is 2. The second-order valence-corrected chi connectivity index (χ2v) is 5.74. The van der Waals surface area contributed by atoms with E-state index in [1.165, 1.54) is 0 Å². The van der Waals surface area contributed by atoms with Gasteiger partial charge in [0.1, 0.15) is 11.8 Å². The second-order valence-electron chi connectivity index (χ2n) is 5.74. The van der Waals surface area contributed by atoms with Gasteiger partial charge in [0.2, 0.25) is 11.7 Å². The van der Waals surface area contributed by atoms with Gasteiger partial charge >= 0.3 is 0 Å². The number of carbonyl (C=O) groups is 1. The van der Waals surface area contributed by atoms with Gasteiger partial charge in [-0.05, 0) is 19.1 Å². The smallest absolute Gasteiger partial charge is 0.262 e. The van der Waals surface area contributed by atoms with Gasteiger partial charge in [0, 0.05) is 17.3 Å². The molecular weight excluding hydrogens is 320 g/mol. The van der Waals surface area contributed by atoms with Crippen molar-refractivity contribution in [2.45, 2.75) is 13.0 Å². The van der Waals surface area contributed by atoms with Crippen LogP contribution in [0.1, 0.15) is 18.9 Å². The van der Waals surface area contributed by atoms with Crippen LogP contribution in [0, 0.1) is 0 Å². The first kappa shape index (κ1) is 15.2. The highest BCUT2D eigenvalue weighted by atomic mass is 16.5. The van der Waals surface area contributed by atoms with Gasteiger partial charge in [-0.3, -0.25) is 4.79 Å². The summed E-state index contributed by atoms with van der Waals surface area (Å²) >= 11 is 0. The molecule has 1 aliphatic heterocycles. The van der Waals surface area contributed by atoms with Gasteiger partial charge in [-0.15, -0.1) is 0 Å². The molecule has 0 spiro atoms. The van der Waals surface area contributed by atoms with Crippen molar-refractivity contribution < 1.29 is 14.1 Å². The Morgan fingerprint density at radius 3 is 2.88 bits per heavy atom. The lowest BCUT2D eigenvalue weighted by molar-refractivity contribution is -0.118. The van der Waals surface area contributed by atoms with E-state index in [9.17, 15) is 4.79 Å². The fourth-order valence-electron chi connectivity index (χ4n) is 2.59. The maximum absolute atomic E-state index is 11.3. The molecule has 0 saturated carbocycles.